The van der Waals surface area contributed by atoms with Crippen LogP contribution in [0.15, 0.2) is 35.4 Å². The molecule has 1 heterocycles. The Labute approximate surface area is 138 Å². The summed E-state index contributed by atoms with van der Waals surface area (Å²) < 4.78 is 5.46. The van der Waals surface area contributed by atoms with Crippen LogP contribution < -0.4 is 10.2 Å². The number of nitrogens with one attached hydrogen (secondary N) is 1. The van der Waals surface area contributed by atoms with Crippen LogP contribution in [0, 0.1) is 13.8 Å². The molecular formula is C16H17ClN2O2S. The molecule has 22 heavy (non-hydrogen) atoms. The molecule has 0 unspecified atom stereocenters. The van der Waals surface area contributed by atoms with E-state index in [-0.39, 0.29) is 12.5 Å². The van der Waals surface area contributed by atoms with Crippen LogP contribution in [0.5, 0.6) is 5.75 Å². The van der Waals surface area contributed by atoms with Gasteiger partial charge in [0.1, 0.15) is 5.75 Å². The lowest BCUT2D eigenvalue weighted by molar-refractivity contribution is -0.123. The van der Waals surface area contributed by atoms with E-state index in [0.29, 0.717) is 10.8 Å². The molecule has 0 radical (unpaired) electrons. The lowest BCUT2D eigenvalue weighted by Crippen LogP contribution is -2.25. The maximum atomic E-state index is 11.8. The highest BCUT2D eigenvalue weighted by Crippen LogP contribution is 2.21. The smallest absolute Gasteiger partial charge is 0.277 e. The molecular weight excluding hydrogens is 320 g/mol. The average molecular weight is 337 g/mol. The van der Waals surface area contributed by atoms with Gasteiger partial charge >= 0.3 is 0 Å². The van der Waals surface area contributed by atoms with E-state index in [1.54, 1.807) is 29.5 Å². The molecule has 1 aromatic carbocycles. The number of hydrogen-bond donors (Lipinski definition) is 1. The van der Waals surface area contributed by atoms with Crippen LogP contribution in [0.1, 0.15) is 22.2 Å². The molecule has 0 saturated heterocycles. The van der Waals surface area contributed by atoms with E-state index in [1.165, 1.54) is 4.88 Å². The number of ether oxygens (including phenoxy) is 1. The van der Waals surface area contributed by atoms with Gasteiger partial charge in [-0.2, -0.15) is 5.10 Å². The Morgan fingerprint density at radius 2 is 2.09 bits per heavy atom. The number of carbonyl (C=O) groups excluding carboxylic acids is 1. The van der Waals surface area contributed by atoms with Crippen molar-refractivity contribution in [2.45, 2.75) is 20.8 Å². The van der Waals surface area contributed by atoms with Gasteiger partial charge in [0.15, 0.2) is 6.61 Å². The van der Waals surface area contributed by atoms with Gasteiger partial charge in [-0.1, -0.05) is 11.6 Å². The number of halogens is 1. The van der Waals surface area contributed by atoms with E-state index in [2.05, 4.69) is 10.5 Å². The van der Waals surface area contributed by atoms with Gasteiger partial charge in [-0.25, -0.2) is 5.43 Å². The zero-order valence-electron chi connectivity index (χ0n) is 12.6. The highest BCUT2D eigenvalue weighted by atomic mass is 35.5. The quantitative estimate of drug-likeness (QED) is 0.664. The molecule has 0 spiro atoms. The normalized spacial score (nSPS) is 11.4. The van der Waals surface area contributed by atoms with E-state index >= 15 is 0 Å². The second kappa shape index (κ2) is 7.42. The molecule has 1 aromatic heterocycles. The monoisotopic (exact) mass is 336 g/mol. The summed E-state index contributed by atoms with van der Waals surface area (Å²) >= 11 is 7.51. The molecule has 6 heteroatoms. The van der Waals surface area contributed by atoms with Crippen molar-refractivity contribution in [3.05, 3.63) is 50.7 Å². The Bertz CT molecular complexity index is 710. The molecule has 1 N–H and O–H groups in total. The highest BCUT2D eigenvalue weighted by Gasteiger charge is 2.06. The Morgan fingerprint density at radius 1 is 1.32 bits per heavy atom. The van der Waals surface area contributed by atoms with Gasteiger partial charge in [-0.15, -0.1) is 11.3 Å². The molecule has 0 aliphatic carbocycles. The third-order valence-corrected chi connectivity index (χ3v) is 4.29. The lowest BCUT2D eigenvalue weighted by Gasteiger charge is -2.08. The molecule has 1 amide bonds. The van der Waals surface area contributed by atoms with Crippen LogP contribution in [0.4, 0.5) is 0 Å². The first kappa shape index (κ1) is 16.5. The van der Waals surface area contributed by atoms with Gasteiger partial charge in [0.05, 0.1) is 10.6 Å². The number of aryl methyl sites for hydroxylation is 2. The lowest BCUT2D eigenvalue weighted by atomic mass is 10.2. The summed E-state index contributed by atoms with van der Waals surface area (Å²) in [5.74, 6) is 0.330. The molecule has 0 saturated carbocycles. The standard InChI is InChI=1S/C16H17ClN2O2S/c1-10-8-13(17)5-6-14(10)21-9-16(20)19-18-12(3)15-7-4-11(2)22-15/h4-8H,9H2,1-3H3,(H,19,20)/b18-12+. The molecule has 0 aliphatic heterocycles. The predicted octanol–water partition coefficient (Wildman–Crippen LogP) is 3.94. The highest BCUT2D eigenvalue weighted by molar-refractivity contribution is 7.14. The number of amides is 1. The fourth-order valence-corrected chi connectivity index (χ4v) is 2.82. The maximum absolute atomic E-state index is 11.8. The Balaban J connectivity index is 1.88. The number of benzene rings is 1. The number of hydrazone groups is 1. The third kappa shape index (κ3) is 4.58. The summed E-state index contributed by atoms with van der Waals surface area (Å²) in [7, 11) is 0. The Morgan fingerprint density at radius 3 is 2.73 bits per heavy atom. The molecule has 2 aromatic rings. The van der Waals surface area contributed by atoms with Crippen LogP contribution in [-0.2, 0) is 4.79 Å². The van der Waals surface area contributed by atoms with Crippen molar-refractivity contribution in [2.24, 2.45) is 5.10 Å². The SMILES string of the molecule is C/C(=N\NC(=O)COc1ccc(Cl)cc1C)c1ccc(C)s1. The van der Waals surface area contributed by atoms with E-state index in [0.717, 1.165) is 16.2 Å². The van der Waals surface area contributed by atoms with Crippen LogP contribution in [0.2, 0.25) is 5.02 Å². The van der Waals surface area contributed by atoms with Crippen LogP contribution >= 0.6 is 22.9 Å². The predicted molar refractivity (Wildman–Crippen MR) is 91.1 cm³/mol. The molecule has 0 atom stereocenters. The van der Waals surface area contributed by atoms with Gasteiger partial charge in [0.2, 0.25) is 0 Å². The summed E-state index contributed by atoms with van der Waals surface area (Å²) in [6, 6.07) is 9.26. The molecule has 0 bridgehead atoms. The number of thiophene rings is 1. The van der Waals surface area contributed by atoms with Crippen molar-refractivity contribution in [1.82, 2.24) is 5.43 Å². The third-order valence-electron chi connectivity index (χ3n) is 2.94. The van der Waals surface area contributed by atoms with Crippen LogP contribution in [0.25, 0.3) is 0 Å². The van der Waals surface area contributed by atoms with Gasteiger partial charge < -0.3 is 4.74 Å². The topological polar surface area (TPSA) is 50.7 Å². The summed E-state index contributed by atoms with van der Waals surface area (Å²) in [5, 5.41) is 4.72. The number of hydrogen-bond acceptors (Lipinski definition) is 4. The second-order valence-electron chi connectivity index (χ2n) is 4.84. The summed E-state index contributed by atoms with van der Waals surface area (Å²) in [5.41, 5.74) is 4.15. The van der Waals surface area contributed by atoms with Gasteiger partial charge in [-0.05, 0) is 56.7 Å². The van der Waals surface area contributed by atoms with Crippen molar-refractivity contribution < 1.29 is 9.53 Å². The zero-order chi connectivity index (χ0) is 16.1. The Kier molecular flexibility index (Phi) is 5.57. The van der Waals surface area contributed by atoms with Crippen molar-refractivity contribution in [3.8, 4) is 5.75 Å². The summed E-state index contributed by atoms with van der Waals surface area (Å²) in [6.07, 6.45) is 0. The first-order valence-electron chi connectivity index (χ1n) is 6.74. The largest absolute Gasteiger partial charge is 0.483 e. The minimum Gasteiger partial charge on any atom is -0.483 e. The molecule has 2 rings (SSSR count). The molecule has 0 aliphatic rings. The minimum absolute atomic E-state index is 0.0945. The van der Waals surface area contributed by atoms with Gasteiger partial charge in [0.25, 0.3) is 5.91 Å². The fraction of sp³-hybridized carbons (Fsp3) is 0.250. The zero-order valence-corrected chi connectivity index (χ0v) is 14.2. The number of carbonyl (C=O) groups is 1. The van der Waals surface area contributed by atoms with E-state index in [1.807, 2.05) is 32.9 Å². The molecule has 116 valence electrons. The first-order valence-corrected chi connectivity index (χ1v) is 7.94. The number of nitrogens with zero attached hydrogens (tertiary/aromatic N) is 1. The van der Waals surface area contributed by atoms with E-state index in [4.69, 9.17) is 16.3 Å². The summed E-state index contributed by atoms with van der Waals surface area (Å²) in [4.78, 5) is 14.0. The van der Waals surface area contributed by atoms with Crippen LogP contribution in [0.3, 0.4) is 0 Å². The molecule has 0 fully saturated rings. The Hall–Kier alpha value is -1.85. The van der Waals surface area contributed by atoms with Crippen molar-refractivity contribution in [2.75, 3.05) is 6.61 Å². The van der Waals surface area contributed by atoms with Crippen LogP contribution in [-0.4, -0.2) is 18.2 Å². The fourth-order valence-electron chi connectivity index (χ4n) is 1.78. The second-order valence-corrected chi connectivity index (χ2v) is 6.57. The van der Waals surface area contributed by atoms with Crippen molar-refractivity contribution in [3.63, 3.8) is 0 Å². The average Bonchev–Trinajstić information content (AvgIpc) is 2.90. The maximum Gasteiger partial charge on any atom is 0.277 e. The first-order chi connectivity index (χ1) is 10.5. The minimum atomic E-state index is -0.304. The molecule has 4 nitrogen and oxygen atoms in total. The van der Waals surface area contributed by atoms with Gasteiger partial charge in [0, 0.05) is 9.90 Å². The number of rotatable bonds is 5. The van der Waals surface area contributed by atoms with Crippen molar-refractivity contribution >= 4 is 34.6 Å². The van der Waals surface area contributed by atoms with E-state index < -0.39 is 0 Å². The van der Waals surface area contributed by atoms with Gasteiger partial charge in [-0.3, -0.25) is 4.79 Å². The van der Waals surface area contributed by atoms with E-state index in [9.17, 15) is 4.79 Å². The summed E-state index contributed by atoms with van der Waals surface area (Å²) in [6.45, 7) is 5.67. The van der Waals surface area contributed by atoms with Crippen molar-refractivity contribution in [1.29, 1.82) is 0 Å².